The van der Waals surface area contributed by atoms with Crippen LogP contribution in [0.15, 0.2) is 30.9 Å². The van der Waals surface area contributed by atoms with Crippen molar-refractivity contribution in [3.05, 3.63) is 42.0 Å². The fourth-order valence-electron chi connectivity index (χ4n) is 2.83. The second kappa shape index (κ2) is 6.22. The minimum Gasteiger partial charge on any atom is -0.496 e. The first-order valence-electron chi connectivity index (χ1n) is 7.40. The van der Waals surface area contributed by atoms with Gasteiger partial charge in [-0.3, -0.25) is 9.69 Å². The predicted octanol–water partition coefficient (Wildman–Crippen LogP) is 2.74. The molecular formula is C17H22N2O3. The van der Waals surface area contributed by atoms with Gasteiger partial charge in [0.25, 0.3) is 5.91 Å². The summed E-state index contributed by atoms with van der Waals surface area (Å²) >= 11 is 0. The molecule has 0 saturated carbocycles. The van der Waals surface area contributed by atoms with Crippen molar-refractivity contribution in [2.75, 3.05) is 13.7 Å². The third-order valence-electron chi connectivity index (χ3n) is 4.15. The van der Waals surface area contributed by atoms with Gasteiger partial charge in [0.05, 0.1) is 7.11 Å². The summed E-state index contributed by atoms with van der Waals surface area (Å²) in [6.07, 6.45) is 2.78. The van der Waals surface area contributed by atoms with E-state index in [4.69, 9.17) is 4.74 Å². The molecule has 1 fully saturated rings. The van der Waals surface area contributed by atoms with Gasteiger partial charge in [-0.25, -0.2) is 4.79 Å². The van der Waals surface area contributed by atoms with Gasteiger partial charge in [0.1, 0.15) is 11.3 Å². The van der Waals surface area contributed by atoms with Crippen molar-refractivity contribution in [1.82, 2.24) is 10.2 Å². The monoisotopic (exact) mass is 302 g/mol. The molecule has 1 aliphatic rings. The van der Waals surface area contributed by atoms with Crippen LogP contribution in [0.4, 0.5) is 4.79 Å². The zero-order valence-electron chi connectivity index (χ0n) is 13.3. The number of carbonyl (C=O) groups is 2. The zero-order valence-corrected chi connectivity index (χ0v) is 13.3. The molecule has 2 rings (SSSR count). The number of methoxy groups -OCH3 is 1. The number of imide groups is 1. The number of hydrogen-bond donors (Lipinski definition) is 1. The summed E-state index contributed by atoms with van der Waals surface area (Å²) in [5.41, 5.74) is 0.724. The van der Waals surface area contributed by atoms with Gasteiger partial charge in [-0.1, -0.05) is 19.1 Å². The Morgan fingerprint density at radius 1 is 1.41 bits per heavy atom. The molecule has 1 saturated heterocycles. The number of benzene rings is 1. The molecule has 1 aromatic rings. The molecule has 5 heteroatoms. The van der Waals surface area contributed by atoms with Crippen molar-refractivity contribution < 1.29 is 14.3 Å². The van der Waals surface area contributed by atoms with Gasteiger partial charge < -0.3 is 10.1 Å². The lowest BCUT2D eigenvalue weighted by molar-refractivity contribution is -0.131. The van der Waals surface area contributed by atoms with E-state index >= 15 is 0 Å². The van der Waals surface area contributed by atoms with Gasteiger partial charge in [-0.05, 0) is 43.0 Å². The SMILES string of the molecule is C=CCCN1C(=O)NC(CC)(c2ccc(OC)c(C)c2)C1=O. The largest absolute Gasteiger partial charge is 0.496 e. The number of nitrogens with one attached hydrogen (secondary N) is 1. The van der Waals surface area contributed by atoms with Crippen molar-refractivity contribution in [2.45, 2.75) is 32.2 Å². The maximum atomic E-state index is 12.8. The van der Waals surface area contributed by atoms with Gasteiger partial charge in [0, 0.05) is 6.54 Å². The molecule has 0 radical (unpaired) electrons. The number of rotatable bonds is 6. The van der Waals surface area contributed by atoms with Gasteiger partial charge >= 0.3 is 6.03 Å². The molecule has 1 N–H and O–H groups in total. The first-order chi connectivity index (χ1) is 10.5. The Morgan fingerprint density at radius 3 is 2.68 bits per heavy atom. The van der Waals surface area contributed by atoms with E-state index in [0.29, 0.717) is 19.4 Å². The normalized spacial score (nSPS) is 21.0. The molecule has 0 spiro atoms. The van der Waals surface area contributed by atoms with Crippen LogP contribution in [0.25, 0.3) is 0 Å². The van der Waals surface area contributed by atoms with Crippen LogP contribution in [0.5, 0.6) is 5.75 Å². The molecule has 3 amide bonds. The lowest BCUT2D eigenvalue weighted by Gasteiger charge is -2.26. The average Bonchev–Trinajstić information content (AvgIpc) is 2.76. The Kier molecular flexibility index (Phi) is 4.54. The van der Waals surface area contributed by atoms with E-state index in [-0.39, 0.29) is 11.9 Å². The van der Waals surface area contributed by atoms with Crippen LogP contribution in [-0.4, -0.2) is 30.5 Å². The molecule has 0 aliphatic carbocycles. The van der Waals surface area contributed by atoms with E-state index in [2.05, 4.69) is 11.9 Å². The third-order valence-corrected chi connectivity index (χ3v) is 4.15. The summed E-state index contributed by atoms with van der Waals surface area (Å²) in [4.78, 5) is 26.3. The number of urea groups is 1. The summed E-state index contributed by atoms with van der Waals surface area (Å²) in [5.74, 6) is 0.557. The molecule has 22 heavy (non-hydrogen) atoms. The Bertz CT molecular complexity index is 612. The Morgan fingerprint density at radius 2 is 2.14 bits per heavy atom. The summed E-state index contributed by atoms with van der Waals surface area (Å²) in [5, 5.41) is 2.87. The van der Waals surface area contributed by atoms with Crippen LogP contribution < -0.4 is 10.1 Å². The number of carbonyl (C=O) groups excluding carboxylic acids is 2. The van der Waals surface area contributed by atoms with Crippen molar-refractivity contribution in [3.8, 4) is 5.75 Å². The average molecular weight is 302 g/mol. The molecule has 0 aromatic heterocycles. The summed E-state index contributed by atoms with van der Waals surface area (Å²) in [7, 11) is 1.61. The van der Waals surface area contributed by atoms with E-state index in [9.17, 15) is 9.59 Å². The van der Waals surface area contributed by atoms with E-state index in [0.717, 1.165) is 16.9 Å². The molecular weight excluding hydrogens is 280 g/mol. The molecule has 1 heterocycles. The highest BCUT2D eigenvalue weighted by atomic mass is 16.5. The van der Waals surface area contributed by atoms with Gasteiger partial charge in [-0.2, -0.15) is 0 Å². The smallest absolute Gasteiger partial charge is 0.325 e. The molecule has 1 aromatic carbocycles. The molecule has 1 unspecified atom stereocenters. The van der Waals surface area contributed by atoms with Crippen LogP contribution in [-0.2, 0) is 10.3 Å². The van der Waals surface area contributed by atoms with Gasteiger partial charge in [0.2, 0.25) is 0 Å². The highest BCUT2D eigenvalue weighted by Gasteiger charge is 2.50. The molecule has 0 bridgehead atoms. The van der Waals surface area contributed by atoms with Crippen molar-refractivity contribution in [3.63, 3.8) is 0 Å². The summed E-state index contributed by atoms with van der Waals surface area (Å²) in [6.45, 7) is 7.80. The van der Waals surface area contributed by atoms with E-state index in [1.54, 1.807) is 13.2 Å². The number of amides is 3. The van der Waals surface area contributed by atoms with E-state index in [1.807, 2.05) is 32.0 Å². The predicted molar refractivity (Wildman–Crippen MR) is 84.8 cm³/mol. The number of hydrogen-bond acceptors (Lipinski definition) is 3. The van der Waals surface area contributed by atoms with Crippen molar-refractivity contribution in [1.29, 1.82) is 0 Å². The minimum absolute atomic E-state index is 0.202. The van der Waals surface area contributed by atoms with Crippen LogP contribution in [0, 0.1) is 6.92 Å². The quantitative estimate of drug-likeness (QED) is 0.649. The van der Waals surface area contributed by atoms with E-state index in [1.165, 1.54) is 4.90 Å². The first kappa shape index (κ1) is 16.1. The standard InChI is InChI=1S/C17H22N2O3/c1-5-7-10-19-15(20)17(6-2,18-16(19)21)13-8-9-14(22-4)12(3)11-13/h5,8-9,11H,1,6-7,10H2,2-4H3,(H,18,21). The van der Waals surface area contributed by atoms with Crippen LogP contribution >= 0.6 is 0 Å². The fourth-order valence-corrected chi connectivity index (χ4v) is 2.83. The first-order valence-corrected chi connectivity index (χ1v) is 7.40. The highest BCUT2D eigenvalue weighted by molar-refractivity contribution is 6.07. The maximum Gasteiger partial charge on any atom is 0.325 e. The van der Waals surface area contributed by atoms with Crippen molar-refractivity contribution >= 4 is 11.9 Å². The van der Waals surface area contributed by atoms with Crippen LogP contribution in [0.2, 0.25) is 0 Å². The molecule has 1 atom stereocenters. The maximum absolute atomic E-state index is 12.8. The summed E-state index contributed by atoms with van der Waals surface area (Å²) in [6, 6.07) is 5.22. The van der Waals surface area contributed by atoms with Crippen LogP contribution in [0.3, 0.4) is 0 Å². The second-order valence-corrected chi connectivity index (χ2v) is 5.41. The Hall–Kier alpha value is -2.30. The molecule has 1 aliphatic heterocycles. The van der Waals surface area contributed by atoms with Gasteiger partial charge in [-0.15, -0.1) is 6.58 Å². The highest BCUT2D eigenvalue weighted by Crippen LogP contribution is 2.34. The topological polar surface area (TPSA) is 58.6 Å². The van der Waals surface area contributed by atoms with Crippen molar-refractivity contribution in [2.24, 2.45) is 0 Å². The van der Waals surface area contributed by atoms with Crippen LogP contribution in [0.1, 0.15) is 30.9 Å². The fraction of sp³-hybridized carbons (Fsp3) is 0.412. The zero-order chi connectivity index (χ0) is 16.3. The Balaban J connectivity index is 2.41. The molecule has 118 valence electrons. The third kappa shape index (κ3) is 2.47. The number of aryl methyl sites for hydroxylation is 1. The number of nitrogens with zero attached hydrogens (tertiary/aromatic N) is 1. The Labute approximate surface area is 130 Å². The minimum atomic E-state index is -0.991. The lowest BCUT2D eigenvalue weighted by atomic mass is 9.86. The molecule has 5 nitrogen and oxygen atoms in total. The second-order valence-electron chi connectivity index (χ2n) is 5.41. The van der Waals surface area contributed by atoms with Gasteiger partial charge in [0.15, 0.2) is 0 Å². The van der Waals surface area contributed by atoms with E-state index < -0.39 is 5.54 Å². The summed E-state index contributed by atoms with van der Waals surface area (Å²) < 4.78 is 5.26. The lowest BCUT2D eigenvalue weighted by Crippen LogP contribution is -2.43. The number of ether oxygens (including phenoxy) is 1.